The molecule has 2 atom stereocenters. The summed E-state index contributed by atoms with van der Waals surface area (Å²) in [5.41, 5.74) is 3.63. The number of ketones is 3. The third kappa shape index (κ3) is 3.18. The Morgan fingerprint density at radius 1 is 0.909 bits per heavy atom. The Labute approximate surface area is 132 Å². The van der Waals surface area contributed by atoms with E-state index < -0.39 is 11.7 Å². The van der Waals surface area contributed by atoms with Crippen LogP contribution in [0, 0.1) is 32.6 Å². The van der Waals surface area contributed by atoms with Crippen LogP contribution in [-0.4, -0.2) is 17.3 Å². The smallest absolute Gasteiger partial charge is 0.228 e. The minimum Gasteiger partial charge on any atom is -0.300 e. The first-order chi connectivity index (χ1) is 10.3. The van der Waals surface area contributed by atoms with E-state index in [0.717, 1.165) is 36.0 Å². The molecule has 1 aromatic carbocycles. The normalized spacial score (nSPS) is 21.5. The van der Waals surface area contributed by atoms with Crippen LogP contribution in [0.3, 0.4) is 0 Å². The lowest BCUT2D eigenvalue weighted by atomic mass is 9.73. The molecular weight excluding hydrogens is 276 g/mol. The molecule has 0 heterocycles. The number of Topliss-reactive ketones (excluding diaryl/α,β-unsaturated/α-hetero) is 3. The van der Waals surface area contributed by atoms with Crippen molar-refractivity contribution in [3.8, 4) is 0 Å². The van der Waals surface area contributed by atoms with E-state index in [1.54, 1.807) is 12.1 Å². The number of rotatable bonds is 4. The standard InChI is InChI=1S/C19H24O3/c1-11-9-15(10-12(2)13(11)3)18(21)19(22)17-8-6-5-7-16(17)14(4)20/h9-10,16-17H,5-8H2,1-4H3. The Kier molecular flexibility index (Phi) is 4.94. The minimum atomic E-state index is -0.440. The molecule has 1 aliphatic carbocycles. The number of hydrogen-bond donors (Lipinski definition) is 0. The van der Waals surface area contributed by atoms with Gasteiger partial charge >= 0.3 is 0 Å². The molecule has 3 heteroatoms. The van der Waals surface area contributed by atoms with Gasteiger partial charge in [-0.15, -0.1) is 0 Å². The molecule has 1 fully saturated rings. The van der Waals surface area contributed by atoms with Gasteiger partial charge in [0.2, 0.25) is 11.6 Å². The first-order valence-electron chi connectivity index (χ1n) is 7.99. The van der Waals surface area contributed by atoms with Crippen molar-refractivity contribution in [2.75, 3.05) is 0 Å². The fourth-order valence-corrected chi connectivity index (χ4v) is 3.41. The molecule has 0 aromatic heterocycles. The molecule has 0 spiro atoms. The van der Waals surface area contributed by atoms with Crippen LogP contribution in [0.2, 0.25) is 0 Å². The van der Waals surface area contributed by atoms with E-state index in [1.807, 2.05) is 20.8 Å². The number of hydrogen-bond acceptors (Lipinski definition) is 3. The molecule has 2 unspecified atom stereocenters. The molecule has 2 rings (SSSR count). The third-order valence-corrected chi connectivity index (χ3v) is 5.04. The molecule has 118 valence electrons. The second-order valence-electron chi connectivity index (χ2n) is 6.54. The van der Waals surface area contributed by atoms with Crippen LogP contribution in [0.15, 0.2) is 12.1 Å². The summed E-state index contributed by atoms with van der Waals surface area (Å²) in [7, 11) is 0. The van der Waals surface area contributed by atoms with Crippen LogP contribution < -0.4 is 0 Å². The summed E-state index contributed by atoms with van der Waals surface area (Å²) in [6.45, 7) is 7.43. The van der Waals surface area contributed by atoms with Crippen LogP contribution in [0.4, 0.5) is 0 Å². The molecule has 0 saturated heterocycles. The van der Waals surface area contributed by atoms with Crippen molar-refractivity contribution in [1.29, 1.82) is 0 Å². The summed E-state index contributed by atoms with van der Waals surface area (Å²) < 4.78 is 0. The fourth-order valence-electron chi connectivity index (χ4n) is 3.41. The molecule has 1 aromatic rings. The predicted molar refractivity (Wildman–Crippen MR) is 86.1 cm³/mol. The van der Waals surface area contributed by atoms with Gasteiger partial charge in [0.05, 0.1) is 0 Å². The highest BCUT2D eigenvalue weighted by Gasteiger charge is 2.37. The number of carbonyl (C=O) groups excluding carboxylic acids is 3. The van der Waals surface area contributed by atoms with E-state index in [1.165, 1.54) is 6.92 Å². The summed E-state index contributed by atoms with van der Waals surface area (Å²) in [6.07, 6.45) is 3.26. The Hall–Kier alpha value is -1.77. The maximum absolute atomic E-state index is 12.6. The van der Waals surface area contributed by atoms with E-state index in [0.29, 0.717) is 12.0 Å². The van der Waals surface area contributed by atoms with Gasteiger partial charge in [-0.3, -0.25) is 14.4 Å². The lowest BCUT2D eigenvalue weighted by Gasteiger charge is -2.28. The van der Waals surface area contributed by atoms with Gasteiger partial charge in [0, 0.05) is 17.4 Å². The summed E-state index contributed by atoms with van der Waals surface area (Å²) >= 11 is 0. The van der Waals surface area contributed by atoms with Crippen molar-refractivity contribution in [2.45, 2.75) is 53.4 Å². The van der Waals surface area contributed by atoms with Gasteiger partial charge in [0.25, 0.3) is 0 Å². The van der Waals surface area contributed by atoms with Crippen LogP contribution in [0.1, 0.15) is 59.7 Å². The average Bonchev–Trinajstić information content (AvgIpc) is 2.50. The maximum Gasteiger partial charge on any atom is 0.228 e. The second kappa shape index (κ2) is 6.55. The summed E-state index contributed by atoms with van der Waals surface area (Å²) in [5.74, 6) is -1.51. The second-order valence-corrected chi connectivity index (χ2v) is 6.54. The Bertz CT molecular complexity index is 605. The SMILES string of the molecule is CC(=O)C1CCCCC1C(=O)C(=O)c1cc(C)c(C)c(C)c1. The van der Waals surface area contributed by atoms with E-state index in [-0.39, 0.29) is 17.5 Å². The number of aryl methyl sites for hydroxylation is 2. The lowest BCUT2D eigenvalue weighted by Crippen LogP contribution is -2.35. The highest BCUT2D eigenvalue weighted by molar-refractivity contribution is 6.44. The van der Waals surface area contributed by atoms with Crippen molar-refractivity contribution in [3.05, 3.63) is 34.4 Å². The van der Waals surface area contributed by atoms with E-state index in [4.69, 9.17) is 0 Å². The van der Waals surface area contributed by atoms with Gasteiger partial charge in [-0.05, 0) is 69.4 Å². The quantitative estimate of drug-likeness (QED) is 0.628. The third-order valence-electron chi connectivity index (χ3n) is 5.04. The van der Waals surface area contributed by atoms with Crippen molar-refractivity contribution < 1.29 is 14.4 Å². The van der Waals surface area contributed by atoms with Crippen LogP contribution >= 0.6 is 0 Å². The molecule has 1 aliphatic rings. The lowest BCUT2D eigenvalue weighted by molar-refractivity contribution is -0.130. The highest BCUT2D eigenvalue weighted by Crippen LogP contribution is 2.32. The van der Waals surface area contributed by atoms with Gasteiger partial charge in [0.15, 0.2) is 0 Å². The average molecular weight is 300 g/mol. The molecule has 0 bridgehead atoms. The monoisotopic (exact) mass is 300 g/mol. The van der Waals surface area contributed by atoms with Gasteiger partial charge in [0.1, 0.15) is 5.78 Å². The molecule has 0 N–H and O–H groups in total. The Balaban J connectivity index is 2.28. The number of carbonyl (C=O) groups is 3. The van der Waals surface area contributed by atoms with Crippen molar-refractivity contribution >= 4 is 17.3 Å². The van der Waals surface area contributed by atoms with Crippen LogP contribution in [-0.2, 0) is 9.59 Å². The van der Waals surface area contributed by atoms with E-state index in [2.05, 4.69) is 0 Å². The maximum atomic E-state index is 12.6. The van der Waals surface area contributed by atoms with Crippen LogP contribution in [0.25, 0.3) is 0 Å². The van der Waals surface area contributed by atoms with Gasteiger partial charge in [-0.2, -0.15) is 0 Å². The molecule has 0 aliphatic heterocycles. The molecule has 1 saturated carbocycles. The molecular formula is C19H24O3. The van der Waals surface area contributed by atoms with Gasteiger partial charge in [-0.1, -0.05) is 12.8 Å². The van der Waals surface area contributed by atoms with E-state index in [9.17, 15) is 14.4 Å². The zero-order valence-corrected chi connectivity index (χ0v) is 13.9. The first-order valence-corrected chi connectivity index (χ1v) is 7.99. The van der Waals surface area contributed by atoms with Crippen molar-refractivity contribution in [2.24, 2.45) is 11.8 Å². The largest absolute Gasteiger partial charge is 0.300 e. The summed E-state index contributed by atoms with van der Waals surface area (Å²) in [5, 5.41) is 0. The minimum absolute atomic E-state index is 0.0297. The zero-order chi connectivity index (χ0) is 16.4. The zero-order valence-electron chi connectivity index (χ0n) is 13.9. The molecule has 3 nitrogen and oxygen atoms in total. The first kappa shape index (κ1) is 16.6. The number of benzene rings is 1. The van der Waals surface area contributed by atoms with Gasteiger partial charge < -0.3 is 0 Å². The Morgan fingerprint density at radius 3 is 1.91 bits per heavy atom. The highest BCUT2D eigenvalue weighted by atomic mass is 16.2. The fraction of sp³-hybridized carbons (Fsp3) is 0.526. The topological polar surface area (TPSA) is 51.2 Å². The molecule has 0 amide bonds. The van der Waals surface area contributed by atoms with Gasteiger partial charge in [-0.25, -0.2) is 0 Å². The molecule has 22 heavy (non-hydrogen) atoms. The molecule has 0 radical (unpaired) electrons. The summed E-state index contributed by atoms with van der Waals surface area (Å²) in [6, 6.07) is 3.57. The van der Waals surface area contributed by atoms with E-state index >= 15 is 0 Å². The predicted octanol–water partition coefficient (Wildman–Crippen LogP) is 3.76. The Morgan fingerprint density at radius 2 is 1.41 bits per heavy atom. The summed E-state index contributed by atoms with van der Waals surface area (Å²) in [4.78, 5) is 36.9. The van der Waals surface area contributed by atoms with Crippen molar-refractivity contribution in [3.63, 3.8) is 0 Å². The van der Waals surface area contributed by atoms with Crippen molar-refractivity contribution in [1.82, 2.24) is 0 Å². The van der Waals surface area contributed by atoms with Crippen LogP contribution in [0.5, 0.6) is 0 Å².